The van der Waals surface area contributed by atoms with Crippen molar-refractivity contribution < 1.29 is 19.4 Å². The molecule has 2 aromatic carbocycles. The van der Waals surface area contributed by atoms with Gasteiger partial charge in [0.1, 0.15) is 22.9 Å². The lowest BCUT2D eigenvalue weighted by atomic mass is 9.93. The first-order valence-corrected chi connectivity index (χ1v) is 10.9. The molecule has 1 aromatic heterocycles. The maximum absolute atomic E-state index is 13.3. The normalized spacial score (nSPS) is 15.3. The van der Waals surface area contributed by atoms with Gasteiger partial charge in [0.2, 0.25) is 0 Å². The molecule has 0 bridgehead atoms. The van der Waals surface area contributed by atoms with Crippen molar-refractivity contribution in [1.29, 1.82) is 0 Å². The number of aryl methyl sites for hydroxylation is 2. The summed E-state index contributed by atoms with van der Waals surface area (Å²) >= 11 is 0. The molecular weight excluding hydrogens is 406 g/mol. The predicted molar refractivity (Wildman–Crippen MR) is 122 cm³/mol. The van der Waals surface area contributed by atoms with E-state index in [-0.39, 0.29) is 17.7 Å². The molecule has 4 rings (SSSR count). The number of benzene rings is 2. The van der Waals surface area contributed by atoms with E-state index in [1.54, 1.807) is 13.2 Å². The van der Waals surface area contributed by atoms with Crippen molar-refractivity contribution >= 4 is 5.91 Å². The summed E-state index contributed by atoms with van der Waals surface area (Å²) < 4.78 is 10.8. The number of phenols is 1. The van der Waals surface area contributed by atoms with Crippen LogP contribution in [0.4, 0.5) is 0 Å². The van der Waals surface area contributed by atoms with E-state index in [1.807, 2.05) is 56.0 Å². The minimum absolute atomic E-state index is 0.0991. The monoisotopic (exact) mass is 435 g/mol. The molecule has 2 N–H and O–H groups in total. The average Bonchev–Trinajstić information content (AvgIpc) is 3.28. The largest absolute Gasteiger partial charge is 0.507 e. The quantitative estimate of drug-likeness (QED) is 0.513. The lowest BCUT2D eigenvalue weighted by molar-refractivity contribution is 0.0723. The minimum Gasteiger partial charge on any atom is -0.507 e. The third-order valence-electron chi connectivity index (χ3n) is 5.81. The third-order valence-corrected chi connectivity index (χ3v) is 5.81. The van der Waals surface area contributed by atoms with Crippen LogP contribution in [0.25, 0.3) is 11.3 Å². The highest BCUT2D eigenvalue weighted by atomic mass is 16.5. The lowest BCUT2D eigenvalue weighted by Crippen LogP contribution is -2.31. The summed E-state index contributed by atoms with van der Waals surface area (Å²) in [5.41, 5.74) is 5.36. The van der Waals surface area contributed by atoms with Gasteiger partial charge < -0.3 is 19.5 Å². The van der Waals surface area contributed by atoms with Crippen LogP contribution in [0.15, 0.2) is 36.4 Å². The second kappa shape index (κ2) is 9.04. The fourth-order valence-electron chi connectivity index (χ4n) is 4.51. The number of methoxy groups -OCH3 is 1. The number of phenolic OH excluding ortho intramolecular Hbond substituents is 1. The van der Waals surface area contributed by atoms with E-state index in [2.05, 4.69) is 10.2 Å². The van der Waals surface area contributed by atoms with Gasteiger partial charge in [-0.15, -0.1) is 0 Å². The van der Waals surface area contributed by atoms with Crippen LogP contribution in [-0.4, -0.2) is 53.0 Å². The molecule has 2 heterocycles. The zero-order valence-corrected chi connectivity index (χ0v) is 18.9. The molecule has 7 nitrogen and oxygen atoms in total. The summed E-state index contributed by atoms with van der Waals surface area (Å²) in [6.07, 6.45) is 0.720. The number of carbonyl (C=O) groups excluding carboxylic acids is 1. The second-order valence-corrected chi connectivity index (χ2v) is 8.09. The number of aromatic amines is 1. The number of aromatic nitrogens is 2. The Morgan fingerprint density at radius 1 is 1.19 bits per heavy atom. The van der Waals surface area contributed by atoms with Crippen LogP contribution in [0.5, 0.6) is 11.5 Å². The van der Waals surface area contributed by atoms with E-state index in [1.165, 1.54) is 0 Å². The van der Waals surface area contributed by atoms with Gasteiger partial charge in [-0.3, -0.25) is 9.89 Å². The molecule has 0 saturated carbocycles. The van der Waals surface area contributed by atoms with Gasteiger partial charge in [0, 0.05) is 31.4 Å². The van der Waals surface area contributed by atoms with Crippen molar-refractivity contribution in [3.63, 3.8) is 0 Å². The van der Waals surface area contributed by atoms with E-state index < -0.39 is 0 Å². The van der Waals surface area contributed by atoms with Crippen LogP contribution in [0, 0.1) is 13.8 Å². The average molecular weight is 436 g/mol. The lowest BCUT2D eigenvalue weighted by Gasteiger charge is -2.26. The molecule has 0 aliphatic carbocycles. The molecule has 0 fully saturated rings. The van der Waals surface area contributed by atoms with Gasteiger partial charge in [-0.1, -0.05) is 18.2 Å². The van der Waals surface area contributed by atoms with Crippen LogP contribution in [0.3, 0.4) is 0 Å². The molecule has 0 radical (unpaired) electrons. The van der Waals surface area contributed by atoms with Gasteiger partial charge in [0.15, 0.2) is 0 Å². The van der Waals surface area contributed by atoms with E-state index in [0.717, 1.165) is 34.4 Å². The predicted octanol–water partition coefficient (Wildman–Crippen LogP) is 4.38. The van der Waals surface area contributed by atoms with Gasteiger partial charge in [-0.2, -0.15) is 5.10 Å². The summed E-state index contributed by atoms with van der Waals surface area (Å²) in [4.78, 5) is 15.2. The number of nitrogens with one attached hydrogen (secondary N) is 1. The smallest absolute Gasteiger partial charge is 0.273 e. The first-order chi connectivity index (χ1) is 15.5. The van der Waals surface area contributed by atoms with Gasteiger partial charge in [0.05, 0.1) is 12.6 Å². The summed E-state index contributed by atoms with van der Waals surface area (Å²) in [6.45, 7) is 7.54. The number of nitrogens with zero attached hydrogens (tertiary/aromatic N) is 2. The SMILES string of the molecule is CCOc1ccc(C2c3c(-c4c(C)cc(C)cc4O)n[nH]c3C(=O)N2CCCOC)cc1. The zero-order valence-electron chi connectivity index (χ0n) is 18.9. The Balaban J connectivity index is 1.83. The maximum atomic E-state index is 13.3. The van der Waals surface area contributed by atoms with E-state index in [4.69, 9.17) is 9.47 Å². The fourth-order valence-corrected chi connectivity index (χ4v) is 4.51. The van der Waals surface area contributed by atoms with Crippen molar-refractivity contribution in [1.82, 2.24) is 15.1 Å². The highest BCUT2D eigenvalue weighted by molar-refractivity contribution is 6.00. The standard InChI is InChI=1S/C25H29N3O4/c1-5-32-18-9-7-17(8-10-18)24-21-22(20-16(3)13-15(2)14-19(20)29)26-27-23(21)25(30)28(24)11-6-12-31-4/h7-10,13-14,24,29H,5-6,11-12H2,1-4H3,(H,26,27). The van der Waals surface area contributed by atoms with Crippen molar-refractivity contribution in [2.45, 2.75) is 33.2 Å². The number of carbonyl (C=O) groups is 1. The number of hydrogen-bond acceptors (Lipinski definition) is 5. The molecule has 1 atom stereocenters. The van der Waals surface area contributed by atoms with Crippen molar-refractivity contribution in [2.24, 2.45) is 0 Å². The summed E-state index contributed by atoms with van der Waals surface area (Å²) in [5.74, 6) is 0.844. The molecule has 1 aliphatic rings. The molecule has 1 aliphatic heterocycles. The zero-order chi connectivity index (χ0) is 22.8. The van der Waals surface area contributed by atoms with Gasteiger partial charge in [-0.05, 0) is 62.1 Å². The molecule has 32 heavy (non-hydrogen) atoms. The fraction of sp³-hybridized carbons (Fsp3) is 0.360. The first-order valence-electron chi connectivity index (χ1n) is 10.9. The van der Waals surface area contributed by atoms with Crippen molar-refractivity contribution in [2.75, 3.05) is 26.9 Å². The molecule has 1 unspecified atom stereocenters. The Bertz CT molecular complexity index is 1100. The Morgan fingerprint density at radius 3 is 2.59 bits per heavy atom. The number of aromatic hydroxyl groups is 1. The van der Waals surface area contributed by atoms with E-state index in [9.17, 15) is 9.90 Å². The summed E-state index contributed by atoms with van der Waals surface area (Å²) in [6, 6.07) is 11.2. The van der Waals surface area contributed by atoms with Crippen LogP contribution in [-0.2, 0) is 4.74 Å². The van der Waals surface area contributed by atoms with Crippen molar-refractivity contribution in [3.05, 3.63) is 64.3 Å². The summed E-state index contributed by atoms with van der Waals surface area (Å²) in [5, 5.41) is 18.2. The third kappa shape index (κ3) is 3.84. The Labute approximate surface area is 188 Å². The van der Waals surface area contributed by atoms with Gasteiger partial charge in [0.25, 0.3) is 5.91 Å². The topological polar surface area (TPSA) is 87.7 Å². The molecule has 0 spiro atoms. The Hall–Kier alpha value is -3.32. The van der Waals surface area contributed by atoms with Crippen LogP contribution >= 0.6 is 0 Å². The van der Waals surface area contributed by atoms with Crippen LogP contribution in [0.2, 0.25) is 0 Å². The van der Waals surface area contributed by atoms with Crippen LogP contribution in [0.1, 0.15) is 52.1 Å². The molecular formula is C25H29N3O4. The van der Waals surface area contributed by atoms with E-state index >= 15 is 0 Å². The number of amides is 1. The number of fused-ring (bicyclic) bond motifs is 1. The first kappa shape index (κ1) is 21.9. The molecule has 7 heteroatoms. The van der Waals surface area contributed by atoms with Crippen LogP contribution < -0.4 is 4.74 Å². The Kier molecular flexibility index (Phi) is 6.19. The second-order valence-electron chi connectivity index (χ2n) is 8.09. The number of ether oxygens (including phenoxy) is 2. The Morgan fingerprint density at radius 2 is 1.94 bits per heavy atom. The number of hydrogen-bond donors (Lipinski definition) is 2. The number of rotatable bonds is 8. The summed E-state index contributed by atoms with van der Waals surface area (Å²) in [7, 11) is 1.66. The minimum atomic E-state index is -0.320. The van der Waals surface area contributed by atoms with Crippen molar-refractivity contribution in [3.8, 4) is 22.8 Å². The molecule has 0 saturated heterocycles. The molecule has 3 aromatic rings. The number of H-pyrrole nitrogens is 1. The van der Waals surface area contributed by atoms with Gasteiger partial charge >= 0.3 is 0 Å². The molecule has 168 valence electrons. The van der Waals surface area contributed by atoms with Gasteiger partial charge in [-0.25, -0.2) is 0 Å². The highest BCUT2D eigenvalue weighted by Gasteiger charge is 2.42. The molecule has 1 amide bonds. The highest BCUT2D eigenvalue weighted by Crippen LogP contribution is 2.45. The van der Waals surface area contributed by atoms with E-state index in [0.29, 0.717) is 36.7 Å². The maximum Gasteiger partial charge on any atom is 0.273 e.